The van der Waals surface area contributed by atoms with Crippen LogP contribution >= 0.6 is 11.8 Å². The third kappa shape index (κ3) is 6.80. The van der Waals surface area contributed by atoms with Gasteiger partial charge in [-0.25, -0.2) is 4.98 Å². The van der Waals surface area contributed by atoms with Crippen molar-refractivity contribution in [3.05, 3.63) is 87.1 Å². The minimum atomic E-state index is -0.0707. The molecule has 0 bridgehead atoms. The highest BCUT2D eigenvalue weighted by atomic mass is 32.2. The molecule has 3 heterocycles. The number of aryl methyl sites for hydroxylation is 2. The fraction of sp³-hybridized carbons (Fsp3) is 0.364. The van der Waals surface area contributed by atoms with Crippen LogP contribution in [0, 0.1) is 6.92 Å². The first-order chi connectivity index (χ1) is 14.0. The third-order valence-electron chi connectivity index (χ3n) is 4.41. The normalized spacial score (nSPS) is 11.2. The predicted molar refractivity (Wildman–Crippen MR) is 118 cm³/mol. The molecular formula is C22H27N5OS. The topological polar surface area (TPSA) is 74.8 Å². The number of pyridine rings is 2. The molecule has 1 N–H and O–H groups in total. The zero-order chi connectivity index (χ0) is 20.6. The summed E-state index contributed by atoms with van der Waals surface area (Å²) in [7, 11) is 4.12. The zero-order valence-corrected chi connectivity index (χ0v) is 18.0. The molecule has 0 saturated heterocycles. The van der Waals surface area contributed by atoms with Crippen molar-refractivity contribution in [1.82, 2.24) is 24.8 Å². The van der Waals surface area contributed by atoms with Crippen LogP contribution in [0.25, 0.3) is 0 Å². The molecule has 0 amide bonds. The van der Waals surface area contributed by atoms with Crippen molar-refractivity contribution in [1.29, 1.82) is 0 Å². The van der Waals surface area contributed by atoms with Crippen LogP contribution in [0.4, 0.5) is 0 Å². The molecule has 152 valence electrons. The molecule has 29 heavy (non-hydrogen) atoms. The van der Waals surface area contributed by atoms with Gasteiger partial charge >= 0.3 is 0 Å². The summed E-state index contributed by atoms with van der Waals surface area (Å²) in [5.74, 6) is 2.45. The van der Waals surface area contributed by atoms with Crippen molar-refractivity contribution in [3.8, 4) is 0 Å². The molecule has 0 atom stereocenters. The maximum absolute atomic E-state index is 12.4. The predicted octanol–water partition coefficient (Wildman–Crippen LogP) is 3.00. The van der Waals surface area contributed by atoms with E-state index >= 15 is 0 Å². The number of nitrogens with zero attached hydrogens (tertiary/aromatic N) is 4. The van der Waals surface area contributed by atoms with Crippen molar-refractivity contribution < 1.29 is 0 Å². The summed E-state index contributed by atoms with van der Waals surface area (Å²) in [6.07, 6.45) is 6.63. The Bertz CT molecular complexity index is 985. The van der Waals surface area contributed by atoms with E-state index in [4.69, 9.17) is 0 Å². The molecule has 0 radical (unpaired) electrons. The van der Waals surface area contributed by atoms with E-state index < -0.39 is 0 Å². The first-order valence-corrected chi connectivity index (χ1v) is 10.8. The second-order valence-corrected chi connectivity index (χ2v) is 8.47. The van der Waals surface area contributed by atoms with Gasteiger partial charge in [-0.05, 0) is 50.3 Å². The number of thioether (sulfide) groups is 1. The standard InChI is InChI=1S/C22H27N5OS/c1-16-4-5-17(12-24-16)10-19-13-25-21(26-22(19)28)7-9-29-15-20-11-18(6-8-23-20)14-27(2)3/h4-6,8,11-13H,7,9-10,14-15H2,1-3H3,(H,25,26,28). The summed E-state index contributed by atoms with van der Waals surface area (Å²) in [4.78, 5) is 30.6. The molecule has 0 aliphatic heterocycles. The van der Waals surface area contributed by atoms with Gasteiger partial charge in [0.1, 0.15) is 5.82 Å². The Balaban J connectivity index is 1.49. The number of aromatic nitrogens is 4. The summed E-state index contributed by atoms with van der Waals surface area (Å²) in [6.45, 7) is 2.86. The fourth-order valence-corrected chi connectivity index (χ4v) is 3.80. The van der Waals surface area contributed by atoms with Crippen molar-refractivity contribution in [3.63, 3.8) is 0 Å². The molecule has 0 aliphatic carbocycles. The van der Waals surface area contributed by atoms with Crippen LogP contribution in [0.5, 0.6) is 0 Å². The van der Waals surface area contributed by atoms with E-state index in [0.717, 1.165) is 47.2 Å². The van der Waals surface area contributed by atoms with E-state index in [1.54, 1.807) is 24.2 Å². The average molecular weight is 410 g/mol. The van der Waals surface area contributed by atoms with E-state index in [1.165, 1.54) is 5.56 Å². The maximum Gasteiger partial charge on any atom is 0.254 e. The minimum Gasteiger partial charge on any atom is -0.310 e. The monoisotopic (exact) mass is 409 g/mol. The van der Waals surface area contributed by atoms with Crippen LogP contribution in [-0.4, -0.2) is 44.7 Å². The first kappa shape index (κ1) is 21.2. The van der Waals surface area contributed by atoms with Crippen molar-refractivity contribution in [2.24, 2.45) is 0 Å². The molecule has 6 nitrogen and oxygen atoms in total. The van der Waals surface area contributed by atoms with E-state index in [0.29, 0.717) is 12.0 Å². The Morgan fingerprint density at radius 2 is 1.93 bits per heavy atom. The van der Waals surface area contributed by atoms with E-state index in [-0.39, 0.29) is 5.56 Å². The van der Waals surface area contributed by atoms with Gasteiger partial charge in [-0.2, -0.15) is 11.8 Å². The van der Waals surface area contributed by atoms with Crippen LogP contribution in [-0.2, 0) is 25.1 Å². The molecule has 0 aromatic carbocycles. The lowest BCUT2D eigenvalue weighted by molar-refractivity contribution is 0.402. The van der Waals surface area contributed by atoms with E-state index in [9.17, 15) is 4.79 Å². The highest BCUT2D eigenvalue weighted by Crippen LogP contribution is 2.13. The molecule has 3 rings (SSSR count). The van der Waals surface area contributed by atoms with E-state index in [2.05, 4.69) is 51.1 Å². The average Bonchev–Trinajstić information content (AvgIpc) is 2.69. The lowest BCUT2D eigenvalue weighted by Crippen LogP contribution is -2.17. The summed E-state index contributed by atoms with van der Waals surface area (Å²) in [5.41, 5.74) is 4.92. The molecule has 0 aliphatic rings. The lowest BCUT2D eigenvalue weighted by atomic mass is 10.1. The SMILES string of the molecule is Cc1ccc(Cc2cnc(CCSCc3cc(CN(C)C)ccn3)[nH]c2=O)cn1. The molecule has 7 heteroatoms. The lowest BCUT2D eigenvalue weighted by Gasteiger charge is -2.10. The Morgan fingerprint density at radius 1 is 1.07 bits per heavy atom. The second-order valence-electron chi connectivity index (χ2n) is 7.36. The van der Waals surface area contributed by atoms with Gasteiger partial charge in [0.05, 0.1) is 5.69 Å². The molecule has 0 unspecified atom stereocenters. The zero-order valence-electron chi connectivity index (χ0n) is 17.2. The maximum atomic E-state index is 12.4. The molecule has 3 aromatic heterocycles. The van der Waals surface area contributed by atoms with Gasteiger partial charge in [0, 0.05) is 60.7 Å². The molecule has 0 spiro atoms. The fourth-order valence-electron chi connectivity index (χ4n) is 2.95. The van der Waals surface area contributed by atoms with Crippen LogP contribution in [0.3, 0.4) is 0 Å². The van der Waals surface area contributed by atoms with Gasteiger partial charge in [-0.1, -0.05) is 6.07 Å². The van der Waals surface area contributed by atoms with E-state index in [1.807, 2.05) is 25.3 Å². The summed E-state index contributed by atoms with van der Waals surface area (Å²) in [6, 6.07) is 8.15. The Hall–Kier alpha value is -2.51. The van der Waals surface area contributed by atoms with Gasteiger partial charge in [-0.3, -0.25) is 14.8 Å². The van der Waals surface area contributed by atoms with Crippen LogP contribution < -0.4 is 5.56 Å². The Labute approximate surface area is 175 Å². The smallest absolute Gasteiger partial charge is 0.254 e. The molecule has 3 aromatic rings. The largest absolute Gasteiger partial charge is 0.310 e. The highest BCUT2D eigenvalue weighted by Gasteiger charge is 2.06. The van der Waals surface area contributed by atoms with Crippen molar-refractivity contribution in [2.45, 2.75) is 32.1 Å². The second kappa shape index (κ2) is 10.3. The van der Waals surface area contributed by atoms with Gasteiger partial charge in [0.25, 0.3) is 5.56 Å². The quantitative estimate of drug-likeness (QED) is 0.548. The van der Waals surface area contributed by atoms with Crippen molar-refractivity contribution >= 4 is 11.8 Å². The van der Waals surface area contributed by atoms with Gasteiger partial charge in [-0.15, -0.1) is 0 Å². The van der Waals surface area contributed by atoms with Gasteiger partial charge in [0.2, 0.25) is 0 Å². The minimum absolute atomic E-state index is 0.0707. The third-order valence-corrected chi connectivity index (χ3v) is 5.40. The number of rotatable bonds is 9. The summed E-state index contributed by atoms with van der Waals surface area (Å²) < 4.78 is 0. The van der Waals surface area contributed by atoms with Crippen LogP contribution in [0.1, 0.15) is 33.9 Å². The Morgan fingerprint density at radius 3 is 2.66 bits per heavy atom. The number of hydrogen-bond acceptors (Lipinski definition) is 6. The summed E-state index contributed by atoms with van der Waals surface area (Å²) in [5, 5.41) is 0. The molecule has 0 fully saturated rings. The molecule has 0 saturated carbocycles. The first-order valence-electron chi connectivity index (χ1n) is 9.64. The van der Waals surface area contributed by atoms with Gasteiger partial charge < -0.3 is 9.88 Å². The number of hydrogen-bond donors (Lipinski definition) is 1. The van der Waals surface area contributed by atoms with Gasteiger partial charge in [0.15, 0.2) is 0 Å². The number of aromatic amines is 1. The Kier molecular flexibility index (Phi) is 7.55. The number of nitrogens with one attached hydrogen (secondary N) is 1. The molecular weight excluding hydrogens is 382 g/mol. The van der Waals surface area contributed by atoms with Crippen molar-refractivity contribution in [2.75, 3.05) is 19.8 Å². The summed E-state index contributed by atoms with van der Waals surface area (Å²) >= 11 is 1.80. The number of H-pyrrole nitrogens is 1. The highest BCUT2D eigenvalue weighted by molar-refractivity contribution is 7.98. The van der Waals surface area contributed by atoms with Crippen LogP contribution in [0.2, 0.25) is 0 Å². The van der Waals surface area contributed by atoms with Crippen LogP contribution in [0.15, 0.2) is 47.7 Å².